The fourth-order valence-electron chi connectivity index (χ4n) is 3.14. The lowest BCUT2D eigenvalue weighted by molar-refractivity contribution is -0.153. The number of guanidine groups is 1. The van der Waals surface area contributed by atoms with Crippen molar-refractivity contribution in [2.24, 2.45) is 4.99 Å². The summed E-state index contributed by atoms with van der Waals surface area (Å²) in [7, 11) is 1.73. The van der Waals surface area contributed by atoms with Gasteiger partial charge in [0.1, 0.15) is 5.75 Å². The van der Waals surface area contributed by atoms with Crippen LogP contribution in [0.15, 0.2) is 46.8 Å². The number of hydrogen-bond donors (Lipinski definition) is 2. The Morgan fingerprint density at radius 3 is 2.47 bits per heavy atom. The van der Waals surface area contributed by atoms with E-state index in [1.807, 2.05) is 0 Å². The van der Waals surface area contributed by atoms with E-state index in [0.717, 1.165) is 37.5 Å². The molecule has 0 aliphatic carbocycles. The molecule has 1 saturated heterocycles. The lowest BCUT2D eigenvalue weighted by Crippen LogP contribution is -2.48. The summed E-state index contributed by atoms with van der Waals surface area (Å²) in [6.45, 7) is 1.25. The van der Waals surface area contributed by atoms with Crippen molar-refractivity contribution in [3.05, 3.63) is 47.3 Å². The van der Waals surface area contributed by atoms with Gasteiger partial charge in [-0.3, -0.25) is 4.99 Å². The first-order valence-electron chi connectivity index (χ1n) is 9.47. The molecule has 0 saturated carbocycles. The standard InChI is InChI=1S/C20H25F3N4OS.HI/c1-24-19(26-16-8-10-27(11-9-16)18-3-2-12-29-18)25-13-15-4-6-17(7-5-15)28-14-20(21,22)23;/h2-7,12,16H,8-11,13-14H2,1H3,(H2,24,25,26);1H. The number of alkyl halides is 3. The summed E-state index contributed by atoms with van der Waals surface area (Å²) >= 11 is 1.76. The minimum Gasteiger partial charge on any atom is -0.484 e. The largest absolute Gasteiger partial charge is 0.484 e. The summed E-state index contributed by atoms with van der Waals surface area (Å²) in [6, 6.07) is 11.1. The number of nitrogens with zero attached hydrogens (tertiary/aromatic N) is 2. The minimum absolute atomic E-state index is 0. The van der Waals surface area contributed by atoms with Gasteiger partial charge in [0.15, 0.2) is 12.6 Å². The van der Waals surface area contributed by atoms with E-state index in [0.29, 0.717) is 12.6 Å². The molecule has 1 aliphatic heterocycles. The van der Waals surface area contributed by atoms with Crippen LogP contribution in [-0.4, -0.2) is 44.9 Å². The Hall–Kier alpha value is -1.69. The van der Waals surface area contributed by atoms with E-state index >= 15 is 0 Å². The third kappa shape index (κ3) is 7.86. The van der Waals surface area contributed by atoms with E-state index in [1.54, 1.807) is 42.6 Å². The number of halogens is 4. The molecular weight excluding hydrogens is 528 g/mol. The summed E-state index contributed by atoms with van der Waals surface area (Å²) < 4.78 is 41.3. The molecular formula is C20H26F3IN4OS. The van der Waals surface area contributed by atoms with Gasteiger partial charge in [-0.2, -0.15) is 13.2 Å². The summed E-state index contributed by atoms with van der Waals surface area (Å²) in [6.07, 6.45) is -2.27. The van der Waals surface area contributed by atoms with Gasteiger partial charge in [0.25, 0.3) is 0 Å². The number of benzene rings is 1. The van der Waals surface area contributed by atoms with Crippen LogP contribution in [0.5, 0.6) is 5.75 Å². The van der Waals surface area contributed by atoms with Crippen LogP contribution in [0.2, 0.25) is 0 Å². The maximum absolute atomic E-state index is 12.2. The molecule has 1 aromatic carbocycles. The molecule has 30 heavy (non-hydrogen) atoms. The van der Waals surface area contributed by atoms with Crippen LogP contribution in [0.4, 0.5) is 18.2 Å². The molecule has 0 atom stereocenters. The van der Waals surface area contributed by atoms with Crippen molar-refractivity contribution in [2.75, 3.05) is 31.6 Å². The van der Waals surface area contributed by atoms with Gasteiger partial charge in [-0.1, -0.05) is 12.1 Å². The van der Waals surface area contributed by atoms with Crippen LogP contribution < -0.4 is 20.3 Å². The SMILES string of the molecule is CN=C(NCc1ccc(OCC(F)(F)F)cc1)NC1CCN(c2cccs2)CC1.I. The van der Waals surface area contributed by atoms with Gasteiger partial charge in [-0.25, -0.2) is 0 Å². The topological polar surface area (TPSA) is 48.9 Å². The van der Waals surface area contributed by atoms with E-state index in [9.17, 15) is 13.2 Å². The summed E-state index contributed by atoms with van der Waals surface area (Å²) in [4.78, 5) is 6.68. The minimum atomic E-state index is -4.34. The Kier molecular flexibility index (Phi) is 9.53. The molecule has 2 heterocycles. The first kappa shape index (κ1) is 24.6. The first-order chi connectivity index (χ1) is 13.9. The molecule has 2 aromatic rings. The molecule has 10 heteroatoms. The van der Waals surface area contributed by atoms with E-state index in [-0.39, 0.29) is 29.7 Å². The van der Waals surface area contributed by atoms with Gasteiger partial charge < -0.3 is 20.3 Å². The van der Waals surface area contributed by atoms with Gasteiger partial charge in [-0.15, -0.1) is 35.3 Å². The number of thiophene rings is 1. The van der Waals surface area contributed by atoms with Crippen molar-refractivity contribution < 1.29 is 17.9 Å². The van der Waals surface area contributed by atoms with E-state index in [1.165, 1.54) is 5.00 Å². The highest BCUT2D eigenvalue weighted by Crippen LogP contribution is 2.24. The molecule has 166 valence electrons. The second-order valence-corrected chi connectivity index (χ2v) is 7.76. The Morgan fingerprint density at radius 1 is 1.20 bits per heavy atom. The van der Waals surface area contributed by atoms with Gasteiger partial charge in [-0.05, 0) is 48.1 Å². The van der Waals surface area contributed by atoms with Crippen molar-refractivity contribution >= 4 is 46.3 Å². The van der Waals surface area contributed by atoms with E-state index < -0.39 is 12.8 Å². The second-order valence-electron chi connectivity index (χ2n) is 6.83. The Bertz CT molecular complexity index is 776. The third-order valence-electron chi connectivity index (χ3n) is 4.66. The Labute approximate surface area is 195 Å². The monoisotopic (exact) mass is 554 g/mol. The lowest BCUT2D eigenvalue weighted by Gasteiger charge is -2.33. The van der Waals surface area contributed by atoms with Crippen LogP contribution in [0, 0.1) is 0 Å². The molecule has 1 aromatic heterocycles. The van der Waals surface area contributed by atoms with Gasteiger partial charge in [0, 0.05) is 32.7 Å². The number of aliphatic imine (C=N–C) groups is 1. The number of ether oxygens (including phenoxy) is 1. The summed E-state index contributed by atoms with van der Waals surface area (Å²) in [5.74, 6) is 0.919. The van der Waals surface area contributed by atoms with Crippen LogP contribution >= 0.6 is 35.3 Å². The molecule has 0 amide bonds. The van der Waals surface area contributed by atoms with E-state index in [2.05, 4.69) is 38.0 Å². The smallest absolute Gasteiger partial charge is 0.422 e. The van der Waals surface area contributed by atoms with Crippen molar-refractivity contribution in [3.8, 4) is 5.75 Å². The van der Waals surface area contributed by atoms with Crippen LogP contribution in [0.1, 0.15) is 18.4 Å². The highest BCUT2D eigenvalue weighted by molar-refractivity contribution is 14.0. The van der Waals surface area contributed by atoms with Gasteiger partial charge >= 0.3 is 6.18 Å². The average molecular weight is 554 g/mol. The molecule has 1 aliphatic rings. The molecule has 1 fully saturated rings. The molecule has 5 nitrogen and oxygen atoms in total. The molecule has 3 rings (SSSR count). The number of anilines is 1. The highest BCUT2D eigenvalue weighted by atomic mass is 127. The first-order valence-corrected chi connectivity index (χ1v) is 10.3. The number of nitrogens with one attached hydrogen (secondary N) is 2. The zero-order chi connectivity index (χ0) is 20.7. The highest BCUT2D eigenvalue weighted by Gasteiger charge is 2.28. The second kappa shape index (κ2) is 11.6. The van der Waals surface area contributed by atoms with Crippen molar-refractivity contribution in [3.63, 3.8) is 0 Å². The fourth-order valence-corrected chi connectivity index (χ4v) is 3.92. The van der Waals surface area contributed by atoms with Gasteiger partial charge in [0.05, 0.1) is 5.00 Å². The number of piperidine rings is 1. The normalized spacial score (nSPS) is 15.5. The van der Waals surface area contributed by atoms with Gasteiger partial charge in [0.2, 0.25) is 0 Å². The Morgan fingerprint density at radius 2 is 1.90 bits per heavy atom. The molecule has 2 N–H and O–H groups in total. The van der Waals surface area contributed by atoms with Crippen molar-refractivity contribution in [1.82, 2.24) is 10.6 Å². The average Bonchev–Trinajstić information content (AvgIpc) is 3.25. The summed E-state index contributed by atoms with van der Waals surface area (Å²) in [5, 5.41) is 10.1. The number of hydrogen-bond acceptors (Lipinski definition) is 4. The third-order valence-corrected chi connectivity index (χ3v) is 5.59. The van der Waals surface area contributed by atoms with Crippen LogP contribution in [0.25, 0.3) is 0 Å². The Balaban J connectivity index is 0.00000320. The van der Waals surface area contributed by atoms with Crippen LogP contribution in [0.3, 0.4) is 0 Å². The summed E-state index contributed by atoms with van der Waals surface area (Å²) in [5.41, 5.74) is 0.930. The van der Waals surface area contributed by atoms with Crippen molar-refractivity contribution in [1.29, 1.82) is 0 Å². The maximum atomic E-state index is 12.2. The number of rotatable bonds is 6. The zero-order valence-electron chi connectivity index (χ0n) is 16.6. The maximum Gasteiger partial charge on any atom is 0.422 e. The van der Waals surface area contributed by atoms with E-state index in [4.69, 9.17) is 4.74 Å². The quantitative estimate of drug-likeness (QED) is 0.311. The molecule has 0 spiro atoms. The predicted molar refractivity (Wildman–Crippen MR) is 126 cm³/mol. The molecule has 0 bridgehead atoms. The molecule has 0 radical (unpaired) electrons. The lowest BCUT2D eigenvalue weighted by atomic mass is 10.1. The molecule has 0 unspecified atom stereocenters. The zero-order valence-corrected chi connectivity index (χ0v) is 19.8. The van der Waals surface area contributed by atoms with Crippen LogP contribution in [-0.2, 0) is 6.54 Å². The fraction of sp³-hybridized carbons (Fsp3) is 0.450. The predicted octanol–water partition coefficient (Wildman–Crippen LogP) is 4.64. The van der Waals surface area contributed by atoms with Crippen molar-refractivity contribution in [2.45, 2.75) is 31.6 Å².